The smallest absolute Gasteiger partial charge is 0.307 e. The minimum atomic E-state index is -0.725. The van der Waals surface area contributed by atoms with Crippen LogP contribution in [-0.2, 0) is 17.8 Å². The molecule has 0 bridgehead atoms. The predicted octanol–water partition coefficient (Wildman–Crippen LogP) is 2.96. The van der Waals surface area contributed by atoms with Gasteiger partial charge in [0.05, 0.1) is 11.6 Å². The summed E-state index contributed by atoms with van der Waals surface area (Å²) < 4.78 is 0. The Bertz CT molecular complexity index is 763. The lowest BCUT2D eigenvalue weighted by Crippen LogP contribution is -2.38. The number of aliphatic carboxylic acids is 1. The van der Waals surface area contributed by atoms with Gasteiger partial charge in [-0.1, -0.05) is 42.5 Å². The maximum absolute atomic E-state index is 11.9. The van der Waals surface area contributed by atoms with Crippen molar-refractivity contribution < 1.29 is 9.90 Å². The fraction of sp³-hybridized carbons (Fsp3) is 0.444. The molecular weight excluding hydrogens is 324 g/mol. The quantitative estimate of drug-likeness (QED) is 0.873. The Labute approximate surface area is 145 Å². The van der Waals surface area contributed by atoms with Crippen LogP contribution in [0.5, 0.6) is 0 Å². The van der Waals surface area contributed by atoms with Gasteiger partial charge in [0.25, 0.3) is 0 Å². The number of aromatic nitrogens is 1. The number of benzene rings is 1. The van der Waals surface area contributed by atoms with Gasteiger partial charge in [0.15, 0.2) is 0 Å². The topological polar surface area (TPSA) is 73.4 Å². The number of piperidine rings is 1. The minimum absolute atomic E-state index is 0.0636. The molecule has 1 unspecified atom stereocenters. The van der Waals surface area contributed by atoms with Gasteiger partial charge in [0, 0.05) is 18.0 Å². The summed E-state index contributed by atoms with van der Waals surface area (Å²) >= 11 is 1.22. The molecule has 6 heteroatoms. The normalized spacial score (nSPS) is 18.6. The van der Waals surface area contributed by atoms with Gasteiger partial charge in [-0.3, -0.25) is 14.5 Å². The van der Waals surface area contributed by atoms with Gasteiger partial charge in [0.1, 0.15) is 0 Å². The Morgan fingerprint density at radius 1 is 1.38 bits per heavy atom. The van der Waals surface area contributed by atoms with E-state index < -0.39 is 5.97 Å². The van der Waals surface area contributed by atoms with E-state index in [1.54, 1.807) is 0 Å². The van der Waals surface area contributed by atoms with Crippen LogP contribution in [0.25, 0.3) is 11.3 Å². The Balaban J connectivity index is 1.81. The molecule has 1 aromatic heterocycles. The fourth-order valence-corrected chi connectivity index (χ4v) is 4.11. The van der Waals surface area contributed by atoms with Gasteiger partial charge in [0.2, 0.25) is 0 Å². The van der Waals surface area contributed by atoms with Gasteiger partial charge in [-0.15, -0.1) is 0 Å². The summed E-state index contributed by atoms with van der Waals surface area (Å²) in [5.74, 6) is -1.03. The molecule has 128 valence electrons. The molecule has 1 aliphatic rings. The number of rotatable bonds is 5. The zero-order valence-corrected chi connectivity index (χ0v) is 14.6. The molecule has 2 aromatic rings. The molecule has 1 fully saturated rings. The third-order valence-electron chi connectivity index (χ3n) is 4.59. The molecule has 1 saturated heterocycles. The van der Waals surface area contributed by atoms with E-state index in [2.05, 4.69) is 28.9 Å². The fourth-order valence-electron chi connectivity index (χ4n) is 3.22. The van der Waals surface area contributed by atoms with Crippen LogP contribution < -0.4 is 4.87 Å². The number of aryl methyl sites for hydroxylation is 1. The average molecular weight is 346 g/mol. The van der Waals surface area contributed by atoms with Gasteiger partial charge in [-0.25, -0.2) is 0 Å². The standard InChI is InChI=1S/C18H22N2O3S/c1-2-12-5-7-13(8-6-12)16-15(24-18(23)19-16)11-20-9-3-4-14(10-20)17(21)22/h5-8,14H,2-4,9-11H2,1H3,(H,19,23)(H,21,22). The molecule has 0 saturated carbocycles. The van der Waals surface area contributed by atoms with Crippen LogP contribution in [0.1, 0.15) is 30.2 Å². The number of aromatic amines is 1. The van der Waals surface area contributed by atoms with Crippen molar-refractivity contribution in [3.63, 3.8) is 0 Å². The van der Waals surface area contributed by atoms with Crippen molar-refractivity contribution in [3.8, 4) is 11.3 Å². The molecular formula is C18H22N2O3S. The number of nitrogens with one attached hydrogen (secondary N) is 1. The number of thiazole rings is 1. The highest BCUT2D eigenvalue weighted by Gasteiger charge is 2.26. The van der Waals surface area contributed by atoms with Crippen LogP contribution >= 0.6 is 11.3 Å². The molecule has 0 radical (unpaired) electrons. The second kappa shape index (κ2) is 7.32. The number of carboxylic acids is 1. The van der Waals surface area contributed by atoms with Crippen molar-refractivity contribution in [2.45, 2.75) is 32.7 Å². The molecule has 24 heavy (non-hydrogen) atoms. The number of carbonyl (C=O) groups is 1. The molecule has 2 heterocycles. The van der Waals surface area contributed by atoms with E-state index in [0.717, 1.165) is 41.9 Å². The number of H-pyrrole nitrogens is 1. The first-order chi connectivity index (χ1) is 11.6. The van der Waals surface area contributed by atoms with Gasteiger partial charge in [-0.2, -0.15) is 0 Å². The number of hydrogen-bond donors (Lipinski definition) is 2. The Kier molecular flexibility index (Phi) is 5.16. The minimum Gasteiger partial charge on any atom is -0.481 e. The first-order valence-corrected chi connectivity index (χ1v) is 9.15. The highest BCUT2D eigenvalue weighted by Crippen LogP contribution is 2.27. The zero-order chi connectivity index (χ0) is 17.1. The molecule has 0 amide bonds. The summed E-state index contributed by atoms with van der Waals surface area (Å²) in [7, 11) is 0. The molecule has 1 atom stereocenters. The largest absolute Gasteiger partial charge is 0.481 e. The lowest BCUT2D eigenvalue weighted by atomic mass is 9.98. The number of carboxylic acid groups (broad SMARTS) is 1. The van der Waals surface area contributed by atoms with Crippen LogP contribution in [0.3, 0.4) is 0 Å². The van der Waals surface area contributed by atoms with Gasteiger partial charge >= 0.3 is 10.8 Å². The zero-order valence-electron chi connectivity index (χ0n) is 13.7. The summed E-state index contributed by atoms with van der Waals surface area (Å²) in [4.78, 5) is 29.1. The Hall–Kier alpha value is -1.92. The maximum atomic E-state index is 11.9. The van der Waals surface area contributed by atoms with Crippen LogP contribution in [0.15, 0.2) is 29.1 Å². The van der Waals surface area contributed by atoms with E-state index in [1.807, 2.05) is 12.1 Å². The van der Waals surface area contributed by atoms with E-state index in [-0.39, 0.29) is 10.8 Å². The van der Waals surface area contributed by atoms with E-state index in [1.165, 1.54) is 16.9 Å². The van der Waals surface area contributed by atoms with Crippen molar-refractivity contribution in [2.75, 3.05) is 13.1 Å². The van der Waals surface area contributed by atoms with Crippen LogP contribution in [0.4, 0.5) is 0 Å². The van der Waals surface area contributed by atoms with Crippen molar-refractivity contribution in [1.29, 1.82) is 0 Å². The molecule has 0 aliphatic carbocycles. The average Bonchev–Trinajstić information content (AvgIpc) is 2.95. The predicted molar refractivity (Wildman–Crippen MR) is 95.4 cm³/mol. The van der Waals surface area contributed by atoms with E-state index in [9.17, 15) is 14.7 Å². The Morgan fingerprint density at radius 2 is 2.12 bits per heavy atom. The lowest BCUT2D eigenvalue weighted by Gasteiger charge is -2.30. The van der Waals surface area contributed by atoms with Gasteiger partial charge in [-0.05, 0) is 36.9 Å². The van der Waals surface area contributed by atoms with E-state index >= 15 is 0 Å². The first-order valence-electron chi connectivity index (χ1n) is 8.33. The van der Waals surface area contributed by atoms with Crippen molar-refractivity contribution >= 4 is 17.3 Å². The molecule has 1 aromatic carbocycles. The summed E-state index contributed by atoms with van der Waals surface area (Å²) in [6, 6.07) is 8.24. The highest BCUT2D eigenvalue weighted by atomic mass is 32.1. The number of nitrogens with zero attached hydrogens (tertiary/aromatic N) is 1. The van der Waals surface area contributed by atoms with Gasteiger partial charge < -0.3 is 10.1 Å². The van der Waals surface area contributed by atoms with E-state index in [0.29, 0.717) is 13.1 Å². The van der Waals surface area contributed by atoms with Crippen molar-refractivity contribution in [2.24, 2.45) is 5.92 Å². The highest BCUT2D eigenvalue weighted by molar-refractivity contribution is 7.09. The third-order valence-corrected chi connectivity index (χ3v) is 5.46. The summed E-state index contributed by atoms with van der Waals surface area (Å²) in [5, 5.41) is 9.23. The maximum Gasteiger partial charge on any atom is 0.307 e. The molecule has 1 aliphatic heterocycles. The van der Waals surface area contributed by atoms with E-state index in [4.69, 9.17) is 0 Å². The molecule has 2 N–H and O–H groups in total. The summed E-state index contributed by atoms with van der Waals surface area (Å²) in [6.45, 7) is 4.17. The van der Waals surface area contributed by atoms with Crippen molar-refractivity contribution in [3.05, 3.63) is 44.4 Å². The van der Waals surface area contributed by atoms with Crippen LogP contribution in [0.2, 0.25) is 0 Å². The van der Waals surface area contributed by atoms with Crippen LogP contribution in [0, 0.1) is 5.92 Å². The molecule has 5 nitrogen and oxygen atoms in total. The van der Waals surface area contributed by atoms with Crippen LogP contribution in [-0.4, -0.2) is 34.0 Å². The first kappa shape index (κ1) is 16.9. The number of likely N-dealkylation sites (tertiary alicyclic amines) is 1. The monoisotopic (exact) mass is 346 g/mol. The molecule has 3 rings (SSSR count). The summed E-state index contributed by atoms with van der Waals surface area (Å²) in [5.41, 5.74) is 3.13. The molecule has 0 spiro atoms. The third kappa shape index (κ3) is 3.76. The SMILES string of the molecule is CCc1ccc(-c2[nH]c(=O)sc2CN2CCCC(C(=O)O)C2)cc1. The second-order valence-corrected chi connectivity index (χ2v) is 7.34. The lowest BCUT2D eigenvalue weighted by molar-refractivity contribution is -0.143. The summed E-state index contributed by atoms with van der Waals surface area (Å²) in [6.07, 6.45) is 2.61. The Morgan fingerprint density at radius 3 is 2.79 bits per heavy atom. The van der Waals surface area contributed by atoms with Crippen molar-refractivity contribution in [1.82, 2.24) is 9.88 Å². The second-order valence-electron chi connectivity index (χ2n) is 6.28. The number of hydrogen-bond acceptors (Lipinski definition) is 4.